The zero-order valence-electron chi connectivity index (χ0n) is 51.7. The van der Waals surface area contributed by atoms with Crippen molar-refractivity contribution in [2.75, 3.05) is 13.2 Å². The molecule has 0 saturated carbocycles. The van der Waals surface area contributed by atoms with Crippen LogP contribution in [0.15, 0.2) is 85.1 Å². The number of hydrogen-bond acceptors (Lipinski definition) is 6. The Labute approximate surface area is 484 Å². The molecule has 450 valence electrons. The normalized spacial score (nSPS) is 12.6. The summed E-state index contributed by atoms with van der Waals surface area (Å²) in [4.78, 5) is 38.2. The molecular formula is C72H126O6. The Kier molecular flexibility index (Phi) is 63.2. The maximum atomic E-state index is 12.9. The van der Waals surface area contributed by atoms with Gasteiger partial charge in [0, 0.05) is 19.3 Å². The average Bonchev–Trinajstić information content (AvgIpc) is 3.44. The van der Waals surface area contributed by atoms with E-state index in [2.05, 4.69) is 106 Å². The van der Waals surface area contributed by atoms with Gasteiger partial charge in [-0.25, -0.2) is 0 Å². The van der Waals surface area contributed by atoms with Crippen molar-refractivity contribution in [1.82, 2.24) is 0 Å². The van der Waals surface area contributed by atoms with Crippen LogP contribution >= 0.6 is 0 Å². The highest BCUT2D eigenvalue weighted by molar-refractivity contribution is 5.71. The third-order valence-corrected chi connectivity index (χ3v) is 14.6. The van der Waals surface area contributed by atoms with E-state index in [1.54, 1.807) is 0 Å². The van der Waals surface area contributed by atoms with Crippen molar-refractivity contribution in [1.29, 1.82) is 0 Å². The summed E-state index contributed by atoms with van der Waals surface area (Å²) in [6.45, 7) is 6.51. The van der Waals surface area contributed by atoms with E-state index < -0.39 is 6.10 Å². The van der Waals surface area contributed by atoms with Gasteiger partial charge in [-0.1, -0.05) is 305 Å². The molecule has 0 aromatic heterocycles. The minimum Gasteiger partial charge on any atom is -0.462 e. The Hall–Kier alpha value is -3.41. The van der Waals surface area contributed by atoms with E-state index in [1.165, 1.54) is 193 Å². The number of hydrogen-bond donors (Lipinski definition) is 0. The second-order valence-corrected chi connectivity index (χ2v) is 22.4. The number of ether oxygens (including phenoxy) is 3. The van der Waals surface area contributed by atoms with E-state index in [4.69, 9.17) is 14.2 Å². The van der Waals surface area contributed by atoms with Gasteiger partial charge in [0.1, 0.15) is 13.2 Å². The second kappa shape index (κ2) is 66.1. The topological polar surface area (TPSA) is 78.9 Å². The predicted molar refractivity (Wildman–Crippen MR) is 339 cm³/mol. The van der Waals surface area contributed by atoms with E-state index in [1.807, 2.05) is 0 Å². The molecule has 0 aromatic carbocycles. The van der Waals surface area contributed by atoms with Gasteiger partial charge in [0.05, 0.1) is 0 Å². The van der Waals surface area contributed by atoms with Crippen LogP contribution in [0.3, 0.4) is 0 Å². The number of allylic oxidation sites excluding steroid dienone is 14. The molecule has 0 saturated heterocycles. The van der Waals surface area contributed by atoms with Crippen LogP contribution in [-0.4, -0.2) is 37.2 Å². The van der Waals surface area contributed by atoms with E-state index in [0.29, 0.717) is 19.3 Å². The molecule has 0 heterocycles. The van der Waals surface area contributed by atoms with Gasteiger partial charge in [0.15, 0.2) is 6.10 Å². The molecule has 0 N–H and O–H groups in total. The maximum absolute atomic E-state index is 12.9. The molecule has 0 bridgehead atoms. The average molecular weight is 1090 g/mol. The summed E-state index contributed by atoms with van der Waals surface area (Å²) < 4.78 is 16.9. The van der Waals surface area contributed by atoms with Gasteiger partial charge in [-0.05, 0) is 96.3 Å². The molecule has 0 rings (SSSR count). The lowest BCUT2D eigenvalue weighted by molar-refractivity contribution is -0.167. The molecular weight excluding hydrogens is 961 g/mol. The van der Waals surface area contributed by atoms with Crippen molar-refractivity contribution in [3.8, 4) is 0 Å². The molecule has 6 heteroatoms. The summed E-state index contributed by atoms with van der Waals surface area (Å²) >= 11 is 0. The van der Waals surface area contributed by atoms with Gasteiger partial charge < -0.3 is 14.2 Å². The Balaban J connectivity index is 4.13. The fourth-order valence-corrected chi connectivity index (χ4v) is 9.62. The van der Waals surface area contributed by atoms with Crippen LogP contribution in [0.4, 0.5) is 0 Å². The molecule has 0 amide bonds. The summed E-state index contributed by atoms with van der Waals surface area (Å²) in [7, 11) is 0. The third-order valence-electron chi connectivity index (χ3n) is 14.6. The number of carbonyl (C=O) groups excluding carboxylic acids is 3. The molecule has 0 aliphatic rings. The summed E-state index contributed by atoms with van der Waals surface area (Å²) in [5.74, 6) is -0.880. The van der Waals surface area contributed by atoms with Gasteiger partial charge in [0.25, 0.3) is 0 Å². The van der Waals surface area contributed by atoms with Crippen molar-refractivity contribution in [3.05, 3.63) is 85.1 Å². The van der Waals surface area contributed by atoms with Crippen LogP contribution in [0, 0.1) is 0 Å². The number of carbonyl (C=O) groups is 3. The fourth-order valence-electron chi connectivity index (χ4n) is 9.62. The van der Waals surface area contributed by atoms with Crippen LogP contribution < -0.4 is 0 Å². The Bertz CT molecular complexity index is 1480. The zero-order chi connectivity index (χ0) is 56.4. The highest BCUT2D eigenvalue weighted by Gasteiger charge is 2.19. The van der Waals surface area contributed by atoms with Crippen LogP contribution in [0.1, 0.15) is 335 Å². The first-order chi connectivity index (χ1) is 38.5. The van der Waals surface area contributed by atoms with E-state index in [9.17, 15) is 14.4 Å². The van der Waals surface area contributed by atoms with Crippen LogP contribution in [0.25, 0.3) is 0 Å². The molecule has 0 spiro atoms. The van der Waals surface area contributed by atoms with E-state index in [-0.39, 0.29) is 31.1 Å². The molecule has 6 nitrogen and oxygen atoms in total. The molecule has 0 radical (unpaired) electrons. The fraction of sp³-hybridized carbons (Fsp3) is 0.764. The first kappa shape index (κ1) is 74.6. The molecule has 0 aliphatic heterocycles. The van der Waals surface area contributed by atoms with Crippen molar-refractivity contribution in [3.63, 3.8) is 0 Å². The lowest BCUT2D eigenvalue weighted by Gasteiger charge is -2.18. The minimum absolute atomic E-state index is 0.0778. The van der Waals surface area contributed by atoms with Gasteiger partial charge in [-0.15, -0.1) is 0 Å². The van der Waals surface area contributed by atoms with Gasteiger partial charge in [-0.2, -0.15) is 0 Å². The first-order valence-electron chi connectivity index (χ1n) is 33.6. The molecule has 0 aromatic rings. The molecule has 1 unspecified atom stereocenters. The van der Waals surface area contributed by atoms with Crippen molar-refractivity contribution >= 4 is 17.9 Å². The SMILES string of the molecule is CC/C=C\C/C=C\C/C=C\C/C=C\C/C=C\CCCCCCCCCC(=O)OC(COC(=O)CCCCCCCCCC)COC(=O)CCCCCCCCCCCCCCCCCCC/C=C\C/C=C\CCCCCCC. The predicted octanol–water partition coefficient (Wildman–Crippen LogP) is 23.1. The standard InChI is InChI=1S/C72H126O6/c1-4-7-10-13-16-19-21-23-25-27-29-31-33-34-35-36-37-38-40-41-43-45-47-49-51-53-56-59-62-65-71(74)77-68-69(67-76-70(73)64-61-58-55-18-15-12-9-6-3)78-72(75)66-63-60-57-54-52-50-48-46-44-42-39-32-30-28-26-24-22-20-17-14-11-8-5-2/h8,11,17,20-21,23-24,26-27,29-30,32,42,44,69H,4-7,9-10,12-16,18-19,22,25,28,31,33-41,43,45-68H2,1-3H3/b11-8-,20-17-,23-21-,26-24-,29-27-,32-30-,44-42-. The molecule has 1 atom stereocenters. The first-order valence-corrected chi connectivity index (χ1v) is 33.6. The summed E-state index contributed by atoms with van der Waals surface area (Å²) in [5, 5.41) is 0. The lowest BCUT2D eigenvalue weighted by atomic mass is 10.0. The number of rotatable bonds is 61. The Morgan fingerprint density at radius 3 is 0.782 bits per heavy atom. The van der Waals surface area contributed by atoms with Crippen LogP contribution in [0.2, 0.25) is 0 Å². The van der Waals surface area contributed by atoms with Gasteiger partial charge >= 0.3 is 17.9 Å². The number of esters is 3. The summed E-state index contributed by atoms with van der Waals surface area (Å²) in [6.07, 6.45) is 87.6. The summed E-state index contributed by atoms with van der Waals surface area (Å²) in [6, 6.07) is 0. The van der Waals surface area contributed by atoms with Gasteiger partial charge in [-0.3, -0.25) is 14.4 Å². The van der Waals surface area contributed by atoms with Crippen molar-refractivity contribution in [2.45, 2.75) is 341 Å². The quantitative estimate of drug-likeness (QED) is 0.0261. The van der Waals surface area contributed by atoms with Crippen LogP contribution in [0.5, 0.6) is 0 Å². The van der Waals surface area contributed by atoms with E-state index >= 15 is 0 Å². The lowest BCUT2D eigenvalue weighted by Crippen LogP contribution is -2.30. The highest BCUT2D eigenvalue weighted by Crippen LogP contribution is 2.17. The zero-order valence-corrected chi connectivity index (χ0v) is 51.7. The van der Waals surface area contributed by atoms with Crippen LogP contribution in [-0.2, 0) is 28.6 Å². The third kappa shape index (κ3) is 63.4. The minimum atomic E-state index is -0.780. The molecule has 0 fully saturated rings. The monoisotopic (exact) mass is 1090 g/mol. The largest absolute Gasteiger partial charge is 0.462 e. The number of unbranched alkanes of at least 4 members (excludes halogenated alkanes) is 36. The van der Waals surface area contributed by atoms with Crippen molar-refractivity contribution in [2.24, 2.45) is 0 Å². The maximum Gasteiger partial charge on any atom is 0.306 e. The molecule has 78 heavy (non-hydrogen) atoms. The second-order valence-electron chi connectivity index (χ2n) is 22.4. The smallest absolute Gasteiger partial charge is 0.306 e. The molecule has 0 aliphatic carbocycles. The Morgan fingerprint density at radius 2 is 0.500 bits per heavy atom. The summed E-state index contributed by atoms with van der Waals surface area (Å²) in [5.41, 5.74) is 0. The highest BCUT2D eigenvalue weighted by atomic mass is 16.6. The van der Waals surface area contributed by atoms with Gasteiger partial charge in [0.2, 0.25) is 0 Å². The Morgan fingerprint density at radius 1 is 0.269 bits per heavy atom. The van der Waals surface area contributed by atoms with E-state index in [0.717, 1.165) is 103 Å². The van der Waals surface area contributed by atoms with Crippen molar-refractivity contribution < 1.29 is 28.6 Å².